The lowest BCUT2D eigenvalue weighted by Crippen LogP contribution is -2.36. The standard InChI is InChI=1S/C19H24FN3O/c1-24-12-16-10-22(9-15-4-2-3-5-17(15)20)11-18-19(16)23(13-21-18)8-14-6-7-14/h2-5,13-14,16H,6-12H2,1H3/t16-/m1/s1. The molecule has 2 heterocycles. The van der Waals surface area contributed by atoms with Crippen LogP contribution in [-0.4, -0.2) is 34.7 Å². The van der Waals surface area contributed by atoms with E-state index in [-0.39, 0.29) is 5.82 Å². The van der Waals surface area contributed by atoms with E-state index in [0.29, 0.717) is 19.1 Å². The predicted molar refractivity (Wildman–Crippen MR) is 90.1 cm³/mol. The van der Waals surface area contributed by atoms with Gasteiger partial charge in [0.25, 0.3) is 0 Å². The van der Waals surface area contributed by atoms with Crippen molar-refractivity contribution in [2.24, 2.45) is 5.92 Å². The first-order valence-electron chi connectivity index (χ1n) is 8.73. The molecule has 1 aromatic carbocycles. The Hall–Kier alpha value is -1.72. The van der Waals surface area contributed by atoms with E-state index in [0.717, 1.165) is 36.8 Å². The molecular weight excluding hydrogens is 305 g/mol. The Labute approximate surface area is 142 Å². The fourth-order valence-corrected chi connectivity index (χ4v) is 3.74. The summed E-state index contributed by atoms with van der Waals surface area (Å²) in [4.78, 5) is 6.93. The lowest BCUT2D eigenvalue weighted by atomic mass is 9.98. The molecule has 0 spiro atoms. The van der Waals surface area contributed by atoms with Crippen LogP contribution in [0, 0.1) is 11.7 Å². The van der Waals surface area contributed by atoms with Crippen molar-refractivity contribution >= 4 is 0 Å². The zero-order chi connectivity index (χ0) is 16.5. The monoisotopic (exact) mass is 329 g/mol. The molecule has 1 aromatic heterocycles. The van der Waals surface area contributed by atoms with Crippen LogP contribution in [0.25, 0.3) is 0 Å². The van der Waals surface area contributed by atoms with Gasteiger partial charge in [0.1, 0.15) is 5.82 Å². The summed E-state index contributed by atoms with van der Waals surface area (Å²) in [6, 6.07) is 7.02. The molecule has 1 fully saturated rings. The number of methoxy groups -OCH3 is 1. The topological polar surface area (TPSA) is 30.3 Å². The number of nitrogens with zero attached hydrogens (tertiary/aromatic N) is 3. The fraction of sp³-hybridized carbons (Fsp3) is 0.526. The Morgan fingerprint density at radius 1 is 1.29 bits per heavy atom. The summed E-state index contributed by atoms with van der Waals surface area (Å²) in [5, 5.41) is 0. The van der Waals surface area contributed by atoms with Gasteiger partial charge in [-0.25, -0.2) is 9.37 Å². The van der Waals surface area contributed by atoms with Gasteiger partial charge < -0.3 is 9.30 Å². The average Bonchev–Trinajstić information content (AvgIpc) is 3.29. The second-order valence-corrected chi connectivity index (χ2v) is 7.09. The first kappa shape index (κ1) is 15.8. The van der Waals surface area contributed by atoms with Crippen LogP contribution in [0.2, 0.25) is 0 Å². The number of halogens is 1. The Bertz CT molecular complexity index is 710. The highest BCUT2D eigenvalue weighted by Crippen LogP contribution is 2.34. The molecule has 24 heavy (non-hydrogen) atoms. The molecule has 5 heteroatoms. The summed E-state index contributed by atoms with van der Waals surface area (Å²) < 4.78 is 21.8. The summed E-state index contributed by atoms with van der Waals surface area (Å²) in [5.41, 5.74) is 3.20. The summed E-state index contributed by atoms with van der Waals surface area (Å²) in [5.74, 6) is 0.987. The molecule has 4 nitrogen and oxygen atoms in total. The number of fused-ring (bicyclic) bond motifs is 1. The van der Waals surface area contributed by atoms with Crippen molar-refractivity contribution in [2.45, 2.75) is 38.4 Å². The molecule has 128 valence electrons. The Balaban J connectivity index is 1.55. The molecule has 0 bridgehead atoms. The van der Waals surface area contributed by atoms with E-state index in [1.807, 2.05) is 18.5 Å². The second kappa shape index (κ2) is 6.65. The third-order valence-corrected chi connectivity index (χ3v) is 5.07. The minimum Gasteiger partial charge on any atom is -0.384 e. The number of aromatic nitrogens is 2. The molecule has 2 aliphatic rings. The van der Waals surface area contributed by atoms with Crippen molar-refractivity contribution in [3.8, 4) is 0 Å². The maximum Gasteiger partial charge on any atom is 0.127 e. The molecule has 1 aliphatic carbocycles. The smallest absolute Gasteiger partial charge is 0.127 e. The minimum atomic E-state index is -0.133. The van der Waals surface area contributed by atoms with Crippen LogP contribution in [0.4, 0.5) is 4.39 Å². The van der Waals surface area contributed by atoms with Gasteiger partial charge in [0.15, 0.2) is 0 Å². The molecule has 0 saturated heterocycles. The lowest BCUT2D eigenvalue weighted by Gasteiger charge is -2.33. The van der Waals surface area contributed by atoms with Gasteiger partial charge >= 0.3 is 0 Å². The highest BCUT2D eigenvalue weighted by Gasteiger charge is 2.32. The van der Waals surface area contributed by atoms with Crippen LogP contribution in [-0.2, 0) is 24.4 Å². The Morgan fingerprint density at radius 3 is 2.88 bits per heavy atom. The molecule has 0 radical (unpaired) electrons. The van der Waals surface area contributed by atoms with E-state index in [4.69, 9.17) is 4.74 Å². The van der Waals surface area contributed by atoms with Crippen molar-refractivity contribution in [3.63, 3.8) is 0 Å². The van der Waals surface area contributed by atoms with E-state index in [1.165, 1.54) is 24.6 Å². The van der Waals surface area contributed by atoms with Crippen LogP contribution in [0.3, 0.4) is 0 Å². The van der Waals surface area contributed by atoms with Gasteiger partial charge in [-0.3, -0.25) is 4.90 Å². The van der Waals surface area contributed by atoms with Crippen molar-refractivity contribution in [2.75, 3.05) is 20.3 Å². The SMILES string of the molecule is COC[C@H]1CN(Cc2ccccc2F)Cc2ncn(CC3CC3)c21. The van der Waals surface area contributed by atoms with Crippen molar-refractivity contribution in [3.05, 3.63) is 53.4 Å². The lowest BCUT2D eigenvalue weighted by molar-refractivity contribution is 0.131. The Kier molecular flexibility index (Phi) is 4.37. The maximum atomic E-state index is 14.0. The predicted octanol–water partition coefficient (Wildman–Crippen LogP) is 3.18. The third kappa shape index (κ3) is 3.23. The number of hydrogen-bond acceptors (Lipinski definition) is 3. The van der Waals surface area contributed by atoms with Gasteiger partial charge in [0.2, 0.25) is 0 Å². The normalized spacial score (nSPS) is 21.0. The molecule has 1 atom stereocenters. The Morgan fingerprint density at radius 2 is 2.12 bits per heavy atom. The third-order valence-electron chi connectivity index (χ3n) is 5.07. The van der Waals surface area contributed by atoms with Gasteiger partial charge in [-0.2, -0.15) is 0 Å². The molecule has 0 amide bonds. The van der Waals surface area contributed by atoms with Crippen molar-refractivity contribution < 1.29 is 9.13 Å². The number of benzene rings is 1. The van der Waals surface area contributed by atoms with E-state index >= 15 is 0 Å². The van der Waals surface area contributed by atoms with Crippen LogP contribution in [0.1, 0.15) is 35.7 Å². The van der Waals surface area contributed by atoms with Gasteiger partial charge in [-0.15, -0.1) is 0 Å². The van der Waals surface area contributed by atoms with Crippen molar-refractivity contribution in [1.29, 1.82) is 0 Å². The minimum absolute atomic E-state index is 0.133. The zero-order valence-electron chi connectivity index (χ0n) is 14.1. The first-order valence-corrected chi connectivity index (χ1v) is 8.73. The van der Waals surface area contributed by atoms with Crippen molar-refractivity contribution in [1.82, 2.24) is 14.5 Å². The van der Waals surface area contributed by atoms with Crippen LogP contribution in [0.15, 0.2) is 30.6 Å². The summed E-state index contributed by atoms with van der Waals surface area (Å²) >= 11 is 0. The molecule has 0 N–H and O–H groups in total. The highest BCUT2D eigenvalue weighted by molar-refractivity contribution is 5.24. The van der Waals surface area contributed by atoms with Crippen LogP contribution >= 0.6 is 0 Å². The largest absolute Gasteiger partial charge is 0.384 e. The summed E-state index contributed by atoms with van der Waals surface area (Å²) in [6.45, 7) is 4.03. The van der Waals surface area contributed by atoms with Gasteiger partial charge in [-0.05, 0) is 24.8 Å². The van der Waals surface area contributed by atoms with E-state index in [2.05, 4.69) is 14.5 Å². The molecule has 1 aliphatic heterocycles. The molecule has 0 unspecified atom stereocenters. The fourth-order valence-electron chi connectivity index (χ4n) is 3.74. The van der Waals surface area contributed by atoms with Gasteiger partial charge in [-0.1, -0.05) is 18.2 Å². The second-order valence-electron chi connectivity index (χ2n) is 7.09. The average molecular weight is 329 g/mol. The van der Waals surface area contributed by atoms with Crippen LogP contribution in [0.5, 0.6) is 0 Å². The molecule has 2 aromatic rings. The van der Waals surface area contributed by atoms with Gasteiger partial charge in [0.05, 0.1) is 18.6 Å². The zero-order valence-corrected chi connectivity index (χ0v) is 14.1. The highest BCUT2D eigenvalue weighted by atomic mass is 19.1. The maximum absolute atomic E-state index is 14.0. The number of ether oxygens (including phenoxy) is 1. The number of hydrogen-bond donors (Lipinski definition) is 0. The van der Waals surface area contributed by atoms with E-state index in [9.17, 15) is 4.39 Å². The molecular formula is C19H24FN3O. The van der Waals surface area contributed by atoms with E-state index in [1.54, 1.807) is 13.2 Å². The van der Waals surface area contributed by atoms with E-state index < -0.39 is 0 Å². The number of rotatable bonds is 6. The summed E-state index contributed by atoms with van der Waals surface area (Å²) in [7, 11) is 1.75. The van der Waals surface area contributed by atoms with Crippen LogP contribution < -0.4 is 0 Å². The summed E-state index contributed by atoms with van der Waals surface area (Å²) in [6.07, 6.45) is 4.65. The quantitative estimate of drug-likeness (QED) is 0.815. The molecule has 1 saturated carbocycles. The van der Waals surface area contributed by atoms with Gasteiger partial charge in [0, 0.05) is 50.5 Å². The first-order chi connectivity index (χ1) is 11.7. The number of imidazole rings is 1. The molecule has 4 rings (SSSR count).